The molecule has 0 radical (unpaired) electrons. The summed E-state index contributed by atoms with van der Waals surface area (Å²) in [4.78, 5) is 23.9. The van der Waals surface area contributed by atoms with Gasteiger partial charge in [0.15, 0.2) is 11.6 Å². The zero-order valence-corrected chi connectivity index (χ0v) is 13.7. The van der Waals surface area contributed by atoms with Crippen molar-refractivity contribution in [2.24, 2.45) is 11.8 Å². The maximum absolute atomic E-state index is 12.0. The van der Waals surface area contributed by atoms with Crippen molar-refractivity contribution in [2.45, 2.75) is 50.1 Å². The molecule has 5 heteroatoms. The van der Waals surface area contributed by atoms with Gasteiger partial charge in [0.1, 0.15) is 17.4 Å². The number of Topliss-reactive ketones (excluding diaryl/α,β-unsaturated/α-hetero) is 2. The first-order chi connectivity index (χ1) is 8.75. The van der Waals surface area contributed by atoms with Crippen molar-refractivity contribution in [1.82, 2.24) is 0 Å². The van der Waals surface area contributed by atoms with E-state index in [1.165, 1.54) is 0 Å². The molecule has 0 aromatic rings. The SMILES string of the molecule is CC(C)CC(=O)C1=C(O)C(CCC(C)I)C(O)C1=O. The maximum atomic E-state index is 12.0. The summed E-state index contributed by atoms with van der Waals surface area (Å²) in [6.45, 7) is 5.77. The molecular formula is C14H21IO4. The van der Waals surface area contributed by atoms with Crippen molar-refractivity contribution < 1.29 is 19.8 Å². The van der Waals surface area contributed by atoms with Gasteiger partial charge in [-0.3, -0.25) is 9.59 Å². The second kappa shape index (κ2) is 6.83. The zero-order valence-electron chi connectivity index (χ0n) is 11.5. The highest BCUT2D eigenvalue weighted by Crippen LogP contribution is 2.33. The molecule has 1 rings (SSSR count). The third-order valence-electron chi connectivity index (χ3n) is 3.25. The first kappa shape index (κ1) is 16.6. The van der Waals surface area contributed by atoms with Gasteiger partial charge in [0.25, 0.3) is 0 Å². The van der Waals surface area contributed by atoms with E-state index in [2.05, 4.69) is 22.6 Å². The molecule has 3 atom stereocenters. The molecule has 108 valence electrons. The molecule has 4 nitrogen and oxygen atoms in total. The summed E-state index contributed by atoms with van der Waals surface area (Å²) in [6, 6.07) is 0. The van der Waals surface area contributed by atoms with E-state index in [-0.39, 0.29) is 29.5 Å². The van der Waals surface area contributed by atoms with Gasteiger partial charge in [-0.15, -0.1) is 0 Å². The summed E-state index contributed by atoms with van der Waals surface area (Å²) in [5.74, 6) is -1.68. The van der Waals surface area contributed by atoms with E-state index in [4.69, 9.17) is 0 Å². The van der Waals surface area contributed by atoms with Crippen LogP contribution in [0.5, 0.6) is 0 Å². The molecule has 0 saturated carbocycles. The molecule has 0 aromatic carbocycles. The fraction of sp³-hybridized carbons (Fsp3) is 0.714. The maximum Gasteiger partial charge on any atom is 0.198 e. The van der Waals surface area contributed by atoms with Gasteiger partial charge in [-0.2, -0.15) is 0 Å². The number of alkyl halides is 1. The Labute approximate surface area is 127 Å². The Hall–Kier alpha value is -0.430. The number of carbonyl (C=O) groups excluding carboxylic acids is 2. The number of aliphatic hydroxyl groups is 2. The van der Waals surface area contributed by atoms with Gasteiger partial charge in [0.05, 0.1) is 5.92 Å². The molecule has 3 unspecified atom stereocenters. The van der Waals surface area contributed by atoms with Gasteiger partial charge in [-0.1, -0.05) is 43.4 Å². The molecule has 0 aromatic heterocycles. The lowest BCUT2D eigenvalue weighted by molar-refractivity contribution is -0.126. The van der Waals surface area contributed by atoms with Gasteiger partial charge in [0.2, 0.25) is 0 Å². The number of rotatable bonds is 6. The van der Waals surface area contributed by atoms with Gasteiger partial charge in [-0.05, 0) is 18.8 Å². The van der Waals surface area contributed by atoms with Gasteiger partial charge >= 0.3 is 0 Å². The average molecular weight is 380 g/mol. The number of hydrogen-bond donors (Lipinski definition) is 2. The predicted molar refractivity (Wildman–Crippen MR) is 81.3 cm³/mol. The quantitative estimate of drug-likeness (QED) is 0.422. The van der Waals surface area contributed by atoms with Crippen molar-refractivity contribution in [2.75, 3.05) is 0 Å². The number of carbonyl (C=O) groups is 2. The standard InChI is InChI=1S/C14H21IO4/c1-7(2)6-10(16)11-12(17)9(5-4-8(3)15)13(18)14(11)19/h7-9,13,17-18H,4-6H2,1-3H3. The lowest BCUT2D eigenvalue weighted by Crippen LogP contribution is -2.25. The first-order valence-electron chi connectivity index (χ1n) is 6.58. The summed E-state index contributed by atoms with van der Waals surface area (Å²) >= 11 is 2.25. The largest absolute Gasteiger partial charge is 0.511 e. The Morgan fingerprint density at radius 3 is 2.42 bits per heavy atom. The fourth-order valence-corrected chi connectivity index (χ4v) is 2.61. The second-order valence-electron chi connectivity index (χ2n) is 5.56. The monoisotopic (exact) mass is 380 g/mol. The smallest absolute Gasteiger partial charge is 0.198 e. The van der Waals surface area contributed by atoms with Crippen LogP contribution in [0.1, 0.15) is 40.0 Å². The van der Waals surface area contributed by atoms with Crippen LogP contribution in [0.3, 0.4) is 0 Å². The molecule has 0 bridgehead atoms. The topological polar surface area (TPSA) is 74.6 Å². The minimum absolute atomic E-state index is 0.117. The lowest BCUT2D eigenvalue weighted by Gasteiger charge is -2.14. The first-order valence-corrected chi connectivity index (χ1v) is 7.82. The average Bonchev–Trinajstić information content (AvgIpc) is 2.47. The Morgan fingerprint density at radius 2 is 1.95 bits per heavy atom. The van der Waals surface area contributed by atoms with E-state index < -0.39 is 17.8 Å². The molecule has 0 fully saturated rings. The number of halogens is 1. The van der Waals surface area contributed by atoms with Crippen LogP contribution in [0.15, 0.2) is 11.3 Å². The van der Waals surface area contributed by atoms with Crippen molar-refractivity contribution >= 4 is 34.2 Å². The minimum atomic E-state index is -1.26. The normalized spacial score (nSPS) is 25.3. The summed E-state index contributed by atoms with van der Waals surface area (Å²) in [6.07, 6.45) is 0.251. The molecule has 2 N–H and O–H groups in total. The van der Waals surface area contributed by atoms with E-state index in [0.29, 0.717) is 10.3 Å². The number of aliphatic hydroxyl groups excluding tert-OH is 2. The molecule has 0 spiro atoms. The van der Waals surface area contributed by atoms with Crippen LogP contribution in [0, 0.1) is 11.8 Å². The molecule has 0 heterocycles. The fourth-order valence-electron chi connectivity index (χ4n) is 2.25. The molecule has 1 aliphatic carbocycles. The highest BCUT2D eigenvalue weighted by molar-refractivity contribution is 14.1. The van der Waals surface area contributed by atoms with Crippen molar-refractivity contribution in [3.05, 3.63) is 11.3 Å². The van der Waals surface area contributed by atoms with Crippen LogP contribution in [-0.2, 0) is 9.59 Å². The summed E-state index contributed by atoms with van der Waals surface area (Å²) < 4.78 is 0.392. The van der Waals surface area contributed by atoms with Crippen LogP contribution in [0.25, 0.3) is 0 Å². The van der Waals surface area contributed by atoms with Crippen molar-refractivity contribution in [3.8, 4) is 0 Å². The Bertz CT molecular complexity index is 398. The highest BCUT2D eigenvalue weighted by Gasteiger charge is 2.43. The van der Waals surface area contributed by atoms with Crippen LogP contribution in [0.4, 0.5) is 0 Å². The van der Waals surface area contributed by atoms with E-state index in [1.54, 1.807) is 0 Å². The summed E-state index contributed by atoms with van der Waals surface area (Å²) in [5, 5.41) is 19.9. The van der Waals surface area contributed by atoms with Gasteiger partial charge < -0.3 is 10.2 Å². The summed E-state index contributed by atoms with van der Waals surface area (Å²) in [7, 11) is 0. The van der Waals surface area contributed by atoms with Crippen LogP contribution >= 0.6 is 22.6 Å². The second-order valence-corrected chi connectivity index (χ2v) is 7.68. The third kappa shape index (κ3) is 4.02. The molecule has 19 heavy (non-hydrogen) atoms. The summed E-state index contributed by atoms with van der Waals surface area (Å²) in [5.41, 5.74) is -0.174. The molecule has 1 aliphatic rings. The molecule has 0 saturated heterocycles. The van der Waals surface area contributed by atoms with Crippen molar-refractivity contribution in [1.29, 1.82) is 0 Å². The predicted octanol–water partition coefficient (Wildman–Crippen LogP) is 2.58. The number of hydrogen-bond acceptors (Lipinski definition) is 4. The Kier molecular flexibility index (Phi) is 5.98. The number of ketones is 2. The van der Waals surface area contributed by atoms with Gasteiger partial charge in [-0.25, -0.2) is 0 Å². The molecule has 0 aliphatic heterocycles. The molecular weight excluding hydrogens is 359 g/mol. The van der Waals surface area contributed by atoms with E-state index in [1.807, 2.05) is 20.8 Å². The van der Waals surface area contributed by atoms with Crippen LogP contribution < -0.4 is 0 Å². The Morgan fingerprint density at radius 1 is 1.37 bits per heavy atom. The molecule has 0 amide bonds. The van der Waals surface area contributed by atoms with E-state index in [9.17, 15) is 19.8 Å². The third-order valence-corrected chi connectivity index (χ3v) is 3.87. The van der Waals surface area contributed by atoms with Crippen LogP contribution in [0.2, 0.25) is 0 Å². The van der Waals surface area contributed by atoms with Gasteiger partial charge in [0, 0.05) is 10.3 Å². The lowest BCUT2D eigenvalue weighted by atomic mass is 9.98. The highest BCUT2D eigenvalue weighted by atomic mass is 127. The van der Waals surface area contributed by atoms with E-state index in [0.717, 1.165) is 6.42 Å². The zero-order chi connectivity index (χ0) is 14.7. The van der Waals surface area contributed by atoms with E-state index >= 15 is 0 Å². The Balaban J connectivity index is 2.89. The van der Waals surface area contributed by atoms with Crippen LogP contribution in [-0.4, -0.2) is 31.8 Å². The minimum Gasteiger partial charge on any atom is -0.511 e. The van der Waals surface area contributed by atoms with Crippen molar-refractivity contribution in [3.63, 3.8) is 0 Å².